The van der Waals surface area contributed by atoms with Crippen LogP contribution in [0, 0.1) is 13.8 Å². The Balaban J connectivity index is 3.12. The normalized spacial score (nSPS) is 11.8. The maximum Gasteiger partial charge on any atom is 0.354 e. The number of carbonyl (C=O) groups is 2. The number of carbonyl (C=O) groups excluding carboxylic acids is 2. The Morgan fingerprint density at radius 2 is 1.83 bits per heavy atom. The summed E-state index contributed by atoms with van der Waals surface area (Å²) in [5.74, 6) is -1.07. The minimum atomic E-state index is -3.54. The molecule has 24 heavy (non-hydrogen) atoms. The van der Waals surface area contributed by atoms with Gasteiger partial charge in [-0.3, -0.25) is 4.79 Å². The number of ether oxygens (including phenoxy) is 2. The molecule has 1 heterocycles. The highest BCUT2D eigenvalue weighted by atomic mass is 32.2. The number of esters is 1. The van der Waals surface area contributed by atoms with Gasteiger partial charge >= 0.3 is 5.97 Å². The van der Waals surface area contributed by atoms with E-state index in [0.29, 0.717) is 16.8 Å². The molecular weight excluding hydrogens is 336 g/mol. The Morgan fingerprint density at radius 1 is 1.21 bits per heavy atom. The molecule has 0 bridgehead atoms. The van der Waals surface area contributed by atoms with Gasteiger partial charge in [-0.05, 0) is 26.3 Å². The second-order valence-electron chi connectivity index (χ2n) is 5.27. The van der Waals surface area contributed by atoms with Crippen LogP contribution in [0.2, 0.25) is 0 Å². The smallest absolute Gasteiger partial charge is 0.354 e. The van der Waals surface area contributed by atoms with Crippen molar-refractivity contribution in [3.63, 3.8) is 0 Å². The Morgan fingerprint density at radius 3 is 2.33 bits per heavy atom. The molecule has 0 amide bonds. The second-order valence-corrected chi connectivity index (χ2v) is 7.52. The number of aromatic nitrogens is 1. The van der Waals surface area contributed by atoms with E-state index in [4.69, 9.17) is 4.74 Å². The van der Waals surface area contributed by atoms with E-state index in [0.717, 1.165) is 4.31 Å². The average molecular weight is 360 g/mol. The molecule has 0 aliphatic carbocycles. The van der Waals surface area contributed by atoms with Crippen molar-refractivity contribution >= 4 is 21.8 Å². The Labute approximate surface area is 142 Å². The van der Waals surface area contributed by atoms with E-state index in [1.807, 2.05) is 0 Å². The van der Waals surface area contributed by atoms with E-state index >= 15 is 0 Å². The standard InChI is InChI=1S/C15H24N2O6S/c1-6-24(20,21)17(7-8-22-4)9-12(18)13-10(2)14(15(19)23-5)16-11(13)3/h16H,6-9H2,1-5H3. The third kappa shape index (κ3) is 4.43. The van der Waals surface area contributed by atoms with Crippen LogP contribution in [0.4, 0.5) is 0 Å². The number of rotatable bonds is 9. The second kappa shape index (κ2) is 8.41. The fourth-order valence-corrected chi connectivity index (χ4v) is 3.44. The van der Waals surface area contributed by atoms with Gasteiger partial charge in [0, 0.05) is 24.9 Å². The van der Waals surface area contributed by atoms with Crippen molar-refractivity contribution < 1.29 is 27.5 Å². The highest BCUT2D eigenvalue weighted by molar-refractivity contribution is 7.89. The molecule has 0 saturated carbocycles. The summed E-state index contributed by atoms with van der Waals surface area (Å²) >= 11 is 0. The lowest BCUT2D eigenvalue weighted by atomic mass is 10.1. The van der Waals surface area contributed by atoms with Crippen molar-refractivity contribution in [1.82, 2.24) is 9.29 Å². The molecule has 0 fully saturated rings. The van der Waals surface area contributed by atoms with E-state index in [2.05, 4.69) is 9.72 Å². The number of H-pyrrole nitrogens is 1. The van der Waals surface area contributed by atoms with E-state index in [1.54, 1.807) is 13.8 Å². The van der Waals surface area contributed by atoms with E-state index in [-0.39, 0.29) is 36.9 Å². The summed E-state index contributed by atoms with van der Waals surface area (Å²) < 4.78 is 35.0. The number of aromatic amines is 1. The maximum absolute atomic E-state index is 12.6. The first-order chi connectivity index (χ1) is 11.2. The van der Waals surface area contributed by atoms with Crippen LogP contribution < -0.4 is 0 Å². The zero-order valence-electron chi connectivity index (χ0n) is 14.6. The molecule has 1 rings (SSSR count). The van der Waals surface area contributed by atoms with Crippen LogP contribution in [0.15, 0.2) is 0 Å². The molecule has 0 unspecified atom stereocenters. The Hall–Kier alpha value is -1.71. The quantitative estimate of drug-likeness (QED) is 0.518. The lowest BCUT2D eigenvalue weighted by Crippen LogP contribution is -2.39. The van der Waals surface area contributed by atoms with Crippen molar-refractivity contribution in [1.29, 1.82) is 0 Å². The molecule has 9 heteroatoms. The van der Waals surface area contributed by atoms with Gasteiger partial charge in [0.2, 0.25) is 10.0 Å². The van der Waals surface area contributed by atoms with Crippen LogP contribution in [-0.2, 0) is 19.5 Å². The third-order valence-corrected chi connectivity index (χ3v) is 5.56. The number of methoxy groups -OCH3 is 2. The molecule has 0 aromatic carbocycles. The Kier molecular flexibility index (Phi) is 7.12. The molecule has 0 radical (unpaired) electrons. The molecular formula is C15H24N2O6S. The van der Waals surface area contributed by atoms with Crippen molar-refractivity contribution in [3.05, 3.63) is 22.5 Å². The molecule has 8 nitrogen and oxygen atoms in total. The predicted molar refractivity (Wildman–Crippen MR) is 88.8 cm³/mol. The van der Waals surface area contributed by atoms with Crippen molar-refractivity contribution in [3.8, 4) is 0 Å². The first-order valence-electron chi connectivity index (χ1n) is 7.47. The summed E-state index contributed by atoms with van der Waals surface area (Å²) in [5.41, 5.74) is 1.45. The number of nitrogens with one attached hydrogen (secondary N) is 1. The molecule has 136 valence electrons. The summed E-state index contributed by atoms with van der Waals surface area (Å²) in [6, 6.07) is 0. The van der Waals surface area contributed by atoms with Gasteiger partial charge in [0.05, 0.1) is 26.0 Å². The number of ketones is 1. The van der Waals surface area contributed by atoms with Crippen LogP contribution in [0.5, 0.6) is 0 Å². The lowest BCUT2D eigenvalue weighted by molar-refractivity contribution is 0.0594. The first-order valence-corrected chi connectivity index (χ1v) is 9.07. The van der Waals surface area contributed by atoms with E-state index in [1.165, 1.54) is 21.1 Å². The molecule has 1 aromatic heterocycles. The largest absolute Gasteiger partial charge is 0.464 e. The SMILES string of the molecule is CCS(=O)(=O)N(CCOC)CC(=O)c1c(C)[nH]c(C(=O)OC)c1C. The fraction of sp³-hybridized carbons (Fsp3) is 0.600. The van der Waals surface area contributed by atoms with E-state index in [9.17, 15) is 18.0 Å². The fourth-order valence-electron chi connectivity index (χ4n) is 2.41. The number of hydrogen-bond donors (Lipinski definition) is 1. The zero-order chi connectivity index (χ0) is 18.5. The van der Waals surface area contributed by atoms with Gasteiger partial charge < -0.3 is 14.5 Å². The number of aryl methyl sites for hydroxylation is 1. The summed E-state index contributed by atoms with van der Waals surface area (Å²) in [6.07, 6.45) is 0. The van der Waals surface area contributed by atoms with Crippen LogP contribution in [0.3, 0.4) is 0 Å². The van der Waals surface area contributed by atoms with Crippen LogP contribution in [0.25, 0.3) is 0 Å². The molecule has 0 spiro atoms. The van der Waals surface area contributed by atoms with Crippen LogP contribution in [-0.4, -0.2) is 69.1 Å². The van der Waals surface area contributed by atoms with Crippen molar-refractivity contribution in [2.75, 3.05) is 39.7 Å². The van der Waals surface area contributed by atoms with Gasteiger partial charge in [-0.25, -0.2) is 13.2 Å². The highest BCUT2D eigenvalue weighted by Crippen LogP contribution is 2.20. The van der Waals surface area contributed by atoms with Crippen molar-refractivity contribution in [2.45, 2.75) is 20.8 Å². The minimum absolute atomic E-state index is 0.0881. The summed E-state index contributed by atoms with van der Waals surface area (Å²) in [7, 11) is -0.835. The Bertz CT molecular complexity index is 708. The molecule has 1 N–H and O–H groups in total. The van der Waals surface area contributed by atoms with Gasteiger partial charge in [-0.2, -0.15) is 4.31 Å². The van der Waals surface area contributed by atoms with Crippen LogP contribution >= 0.6 is 0 Å². The number of Topliss-reactive ketones (excluding diaryl/α,β-unsaturated/α-hetero) is 1. The molecule has 1 aromatic rings. The van der Waals surface area contributed by atoms with Crippen LogP contribution in [0.1, 0.15) is 39.0 Å². The van der Waals surface area contributed by atoms with Gasteiger partial charge in [0.25, 0.3) is 0 Å². The van der Waals surface area contributed by atoms with Gasteiger partial charge in [0.1, 0.15) is 5.69 Å². The zero-order valence-corrected chi connectivity index (χ0v) is 15.4. The molecule has 0 aliphatic heterocycles. The predicted octanol–water partition coefficient (Wildman–Crippen LogP) is 0.899. The lowest BCUT2D eigenvalue weighted by Gasteiger charge is -2.20. The minimum Gasteiger partial charge on any atom is -0.464 e. The maximum atomic E-state index is 12.6. The van der Waals surface area contributed by atoms with Gasteiger partial charge in [0.15, 0.2) is 5.78 Å². The third-order valence-electron chi connectivity index (χ3n) is 3.73. The summed E-state index contributed by atoms with van der Waals surface area (Å²) in [6.45, 7) is 4.76. The number of nitrogens with zero attached hydrogens (tertiary/aromatic N) is 1. The van der Waals surface area contributed by atoms with E-state index < -0.39 is 16.0 Å². The van der Waals surface area contributed by atoms with Crippen molar-refractivity contribution in [2.24, 2.45) is 0 Å². The molecule has 0 atom stereocenters. The molecule has 0 saturated heterocycles. The van der Waals surface area contributed by atoms with Gasteiger partial charge in [-0.15, -0.1) is 0 Å². The molecule has 0 aliphatic rings. The monoisotopic (exact) mass is 360 g/mol. The highest BCUT2D eigenvalue weighted by Gasteiger charge is 2.27. The van der Waals surface area contributed by atoms with Gasteiger partial charge in [-0.1, -0.05) is 0 Å². The average Bonchev–Trinajstić information content (AvgIpc) is 2.84. The number of sulfonamides is 1. The first kappa shape index (κ1) is 20.3. The summed E-state index contributed by atoms with van der Waals surface area (Å²) in [5, 5.41) is 0. The topological polar surface area (TPSA) is 106 Å². The summed E-state index contributed by atoms with van der Waals surface area (Å²) in [4.78, 5) is 27.2. The number of hydrogen-bond acceptors (Lipinski definition) is 6.